The van der Waals surface area contributed by atoms with Crippen molar-refractivity contribution in [3.63, 3.8) is 0 Å². The fourth-order valence-corrected chi connectivity index (χ4v) is 4.25. The van der Waals surface area contributed by atoms with Crippen LogP contribution in [-0.2, 0) is 19.9 Å². The molecule has 2 aromatic carbocycles. The zero-order chi connectivity index (χ0) is 23.3. The molecule has 33 heavy (non-hydrogen) atoms. The highest BCUT2D eigenvalue weighted by Crippen LogP contribution is 2.30. The van der Waals surface area contributed by atoms with Crippen molar-refractivity contribution in [2.75, 3.05) is 32.0 Å². The third kappa shape index (κ3) is 5.08. The molecule has 0 spiro atoms. The standard InChI is InChI=1S/C25H26N4O4/c1-29(17-23(30)28-22-12-14-26-18-27-22)15-13-21(16-29)33-24(31)25(32,19-8-4-2-5-9-19)20-10-6-3-7-11-20/h2-12,14,18,21H,13,15-17H2,1H3,(H,26,27,28,30)/t21-,29?/m1/s1. The average molecular weight is 447 g/mol. The zero-order valence-corrected chi connectivity index (χ0v) is 18.4. The number of anilines is 1. The maximum atomic E-state index is 14.0. The second-order valence-electron chi connectivity index (χ2n) is 8.56. The molecule has 0 radical (unpaired) electrons. The van der Waals surface area contributed by atoms with E-state index in [0.717, 1.165) is 0 Å². The number of carbonyl (C=O) groups excluding carboxylic acids is 2. The normalized spacial score (nSPS) is 20.2. The largest absolute Gasteiger partial charge is 0.834 e. The molecule has 0 saturated carbocycles. The van der Waals surface area contributed by atoms with Crippen LogP contribution in [0.4, 0.5) is 5.82 Å². The van der Waals surface area contributed by atoms with E-state index in [2.05, 4.69) is 15.3 Å². The van der Waals surface area contributed by atoms with Crippen LogP contribution in [0.1, 0.15) is 17.5 Å². The number of nitrogens with one attached hydrogen (secondary N) is 1. The first-order chi connectivity index (χ1) is 15.9. The van der Waals surface area contributed by atoms with Crippen LogP contribution in [0.2, 0.25) is 0 Å². The van der Waals surface area contributed by atoms with Crippen LogP contribution in [0.25, 0.3) is 0 Å². The Morgan fingerprint density at radius 2 is 1.73 bits per heavy atom. The van der Waals surface area contributed by atoms with Gasteiger partial charge >= 0.3 is 5.97 Å². The third-order valence-corrected chi connectivity index (χ3v) is 5.93. The van der Waals surface area contributed by atoms with Gasteiger partial charge in [0, 0.05) is 18.2 Å². The summed E-state index contributed by atoms with van der Waals surface area (Å²) in [4.78, 5) is 33.6. The molecule has 1 fully saturated rings. The van der Waals surface area contributed by atoms with Crippen LogP contribution in [0.5, 0.6) is 0 Å². The Hall–Kier alpha value is -3.62. The quantitative estimate of drug-likeness (QED) is 0.436. The van der Waals surface area contributed by atoms with Crippen molar-refractivity contribution in [3.8, 4) is 0 Å². The fourth-order valence-electron chi connectivity index (χ4n) is 4.25. The SMILES string of the molecule is C[N+]1(CC(=O)Nc2ccncn2)CC[C@@H](OC(=O)C([O-])(c2ccccc2)c2ccccc2)C1. The number of benzene rings is 2. The smallest absolute Gasteiger partial charge is 0.304 e. The van der Waals surface area contributed by atoms with E-state index in [1.807, 2.05) is 7.05 Å². The Balaban J connectivity index is 1.45. The highest BCUT2D eigenvalue weighted by Gasteiger charge is 2.41. The van der Waals surface area contributed by atoms with Crippen LogP contribution in [0, 0.1) is 0 Å². The summed E-state index contributed by atoms with van der Waals surface area (Å²) in [6.45, 7) is 1.30. The Kier molecular flexibility index (Phi) is 6.48. The molecule has 2 atom stereocenters. The topological polar surface area (TPSA) is 104 Å². The van der Waals surface area contributed by atoms with Crippen molar-refractivity contribution >= 4 is 17.7 Å². The summed E-state index contributed by atoms with van der Waals surface area (Å²) in [5, 5.41) is 16.7. The summed E-state index contributed by atoms with van der Waals surface area (Å²) in [6.07, 6.45) is 3.04. The van der Waals surface area contributed by atoms with E-state index in [0.29, 0.717) is 40.9 Å². The first-order valence-electron chi connectivity index (χ1n) is 10.8. The number of ether oxygens (including phenoxy) is 1. The molecule has 1 aliphatic rings. The lowest BCUT2D eigenvalue weighted by Gasteiger charge is -2.39. The molecule has 8 heteroatoms. The van der Waals surface area contributed by atoms with Crippen LogP contribution in [0.3, 0.4) is 0 Å². The van der Waals surface area contributed by atoms with Crippen molar-refractivity contribution in [1.82, 2.24) is 9.97 Å². The number of likely N-dealkylation sites (tertiary alicyclic amines) is 1. The van der Waals surface area contributed by atoms with E-state index in [4.69, 9.17) is 4.74 Å². The van der Waals surface area contributed by atoms with Crippen molar-refractivity contribution in [1.29, 1.82) is 0 Å². The number of hydrogen-bond donors (Lipinski definition) is 1. The molecular weight excluding hydrogens is 420 g/mol. The molecule has 4 rings (SSSR count). The highest BCUT2D eigenvalue weighted by molar-refractivity contribution is 5.90. The second kappa shape index (κ2) is 9.48. The number of aromatic nitrogens is 2. The van der Waals surface area contributed by atoms with Gasteiger partial charge in [0.05, 0.1) is 13.6 Å². The Labute approximate surface area is 192 Å². The molecule has 1 unspecified atom stereocenters. The van der Waals surface area contributed by atoms with Gasteiger partial charge in [-0.2, -0.15) is 0 Å². The van der Waals surface area contributed by atoms with Gasteiger partial charge in [-0.3, -0.25) is 9.59 Å². The molecule has 0 aliphatic carbocycles. The average Bonchev–Trinajstić information content (AvgIpc) is 3.19. The molecule has 1 saturated heterocycles. The lowest BCUT2D eigenvalue weighted by atomic mass is 9.86. The summed E-state index contributed by atoms with van der Waals surface area (Å²) in [5.41, 5.74) is -1.50. The number of carbonyl (C=O) groups is 2. The fraction of sp³-hybridized carbons (Fsp3) is 0.280. The minimum Gasteiger partial charge on any atom is -0.834 e. The summed E-state index contributed by atoms with van der Waals surface area (Å²) in [5.74, 6) is -0.579. The van der Waals surface area contributed by atoms with Crippen LogP contribution in [0.15, 0.2) is 79.3 Å². The first-order valence-corrected chi connectivity index (χ1v) is 10.8. The number of rotatable bonds is 7. The van der Waals surface area contributed by atoms with Gasteiger partial charge in [0.1, 0.15) is 18.7 Å². The van der Waals surface area contributed by atoms with Gasteiger partial charge < -0.3 is 19.6 Å². The zero-order valence-electron chi connectivity index (χ0n) is 18.4. The Morgan fingerprint density at radius 1 is 1.09 bits per heavy atom. The molecule has 2 heterocycles. The number of nitrogens with zero attached hydrogens (tertiary/aromatic N) is 3. The van der Waals surface area contributed by atoms with Gasteiger partial charge in [0.15, 0.2) is 12.6 Å². The van der Waals surface area contributed by atoms with E-state index in [-0.39, 0.29) is 12.5 Å². The van der Waals surface area contributed by atoms with Gasteiger partial charge in [0.25, 0.3) is 5.91 Å². The van der Waals surface area contributed by atoms with E-state index in [1.54, 1.807) is 72.9 Å². The summed E-state index contributed by atoms with van der Waals surface area (Å²) in [6, 6.07) is 18.7. The first kappa shape index (κ1) is 22.6. The third-order valence-electron chi connectivity index (χ3n) is 5.93. The maximum Gasteiger partial charge on any atom is 0.304 e. The molecule has 1 aliphatic heterocycles. The van der Waals surface area contributed by atoms with Crippen molar-refractivity contribution in [2.24, 2.45) is 0 Å². The number of quaternary nitrogens is 1. The maximum absolute atomic E-state index is 14.0. The number of esters is 1. The van der Waals surface area contributed by atoms with Gasteiger partial charge in [-0.1, -0.05) is 60.7 Å². The molecule has 8 nitrogen and oxygen atoms in total. The lowest BCUT2D eigenvalue weighted by molar-refractivity contribution is -0.890. The van der Waals surface area contributed by atoms with Gasteiger partial charge in [-0.05, 0) is 17.2 Å². The van der Waals surface area contributed by atoms with Gasteiger partial charge in [-0.25, -0.2) is 9.97 Å². The van der Waals surface area contributed by atoms with Crippen molar-refractivity contribution in [2.45, 2.75) is 18.1 Å². The van der Waals surface area contributed by atoms with Crippen LogP contribution in [-0.4, -0.2) is 59.1 Å². The molecule has 0 bridgehead atoms. The summed E-state index contributed by atoms with van der Waals surface area (Å²) in [7, 11) is 1.94. The minimum absolute atomic E-state index is 0.185. The monoisotopic (exact) mass is 446 g/mol. The molecular formula is C25H26N4O4. The predicted octanol–water partition coefficient (Wildman–Crippen LogP) is 1.48. The van der Waals surface area contributed by atoms with E-state index < -0.39 is 17.7 Å². The molecule has 1 amide bonds. The number of likely N-dealkylation sites (N-methyl/N-ethyl adjacent to an activating group) is 1. The Bertz CT molecular complexity index is 1060. The number of amides is 1. The number of hydrogen-bond acceptors (Lipinski definition) is 6. The second-order valence-corrected chi connectivity index (χ2v) is 8.56. The molecule has 1 N–H and O–H groups in total. The van der Waals surface area contributed by atoms with Gasteiger partial charge in [-0.15, -0.1) is 0 Å². The highest BCUT2D eigenvalue weighted by atomic mass is 16.6. The summed E-state index contributed by atoms with van der Waals surface area (Å²) >= 11 is 0. The molecule has 3 aromatic rings. The molecule has 1 aromatic heterocycles. The van der Waals surface area contributed by atoms with E-state index in [9.17, 15) is 14.7 Å². The van der Waals surface area contributed by atoms with E-state index in [1.165, 1.54) is 6.33 Å². The predicted molar refractivity (Wildman–Crippen MR) is 120 cm³/mol. The van der Waals surface area contributed by atoms with E-state index >= 15 is 0 Å². The minimum atomic E-state index is -2.17. The molecule has 170 valence electrons. The lowest BCUT2D eigenvalue weighted by Crippen LogP contribution is -2.52. The summed E-state index contributed by atoms with van der Waals surface area (Å²) < 4.78 is 6.16. The van der Waals surface area contributed by atoms with Crippen LogP contribution >= 0.6 is 0 Å². The van der Waals surface area contributed by atoms with Crippen LogP contribution < -0.4 is 10.4 Å². The van der Waals surface area contributed by atoms with Crippen molar-refractivity contribution in [3.05, 3.63) is 90.4 Å². The van der Waals surface area contributed by atoms with Gasteiger partial charge in [0.2, 0.25) is 0 Å². The van der Waals surface area contributed by atoms with Crippen molar-refractivity contribution < 1.29 is 23.9 Å². The Morgan fingerprint density at radius 3 is 2.30 bits per heavy atom.